The van der Waals surface area contributed by atoms with E-state index in [9.17, 15) is 4.79 Å². The molecule has 2 atom stereocenters. The van der Waals surface area contributed by atoms with Crippen molar-refractivity contribution < 1.29 is 4.79 Å². The molecule has 27 heavy (non-hydrogen) atoms. The first kappa shape index (κ1) is 16.6. The summed E-state index contributed by atoms with van der Waals surface area (Å²) in [7, 11) is 0. The summed E-state index contributed by atoms with van der Waals surface area (Å²) in [6.45, 7) is 0. The number of carbonyl (C=O) groups is 1. The smallest absolute Gasteiger partial charge is 0.229 e. The fraction of sp³-hybridized carbons (Fsp3) is 0.273. The minimum atomic E-state index is -0.0268. The Hall–Kier alpha value is -2.59. The standard InChI is InChI=1S/C22H20ClN3O/c23-19-11-5-4-9-15(19)17-13-18(17)22(27)24-21-16-10-6-12-20(16)25-26(21)14-7-2-1-3-8-14/h1-5,7-9,11,17-18H,6,10,12-13H2,(H,24,27). The first-order valence-electron chi connectivity index (χ1n) is 9.44. The van der Waals surface area contributed by atoms with Gasteiger partial charge in [0.2, 0.25) is 5.91 Å². The van der Waals surface area contributed by atoms with Crippen LogP contribution in [-0.4, -0.2) is 15.7 Å². The number of hydrogen-bond donors (Lipinski definition) is 1. The Balaban J connectivity index is 1.42. The molecule has 0 spiro atoms. The van der Waals surface area contributed by atoms with Crippen molar-refractivity contribution in [2.75, 3.05) is 5.32 Å². The fourth-order valence-corrected chi connectivity index (χ4v) is 4.37. The third kappa shape index (κ3) is 2.94. The molecule has 2 aliphatic carbocycles. The summed E-state index contributed by atoms with van der Waals surface area (Å²) in [6.07, 6.45) is 3.89. The molecule has 3 aromatic rings. The Labute approximate surface area is 163 Å². The minimum Gasteiger partial charge on any atom is -0.310 e. The average molecular weight is 378 g/mol. The van der Waals surface area contributed by atoms with E-state index in [0.717, 1.165) is 53.5 Å². The molecule has 1 amide bonds. The molecular formula is C22H20ClN3O. The van der Waals surface area contributed by atoms with Gasteiger partial charge in [0.1, 0.15) is 5.82 Å². The van der Waals surface area contributed by atoms with Crippen molar-refractivity contribution in [2.45, 2.75) is 31.6 Å². The van der Waals surface area contributed by atoms with Gasteiger partial charge in [-0.25, -0.2) is 4.68 Å². The van der Waals surface area contributed by atoms with Crippen molar-refractivity contribution in [1.29, 1.82) is 0 Å². The summed E-state index contributed by atoms with van der Waals surface area (Å²) >= 11 is 6.31. The van der Waals surface area contributed by atoms with Gasteiger partial charge in [0, 0.05) is 16.5 Å². The predicted molar refractivity (Wildman–Crippen MR) is 107 cm³/mol. The van der Waals surface area contributed by atoms with Crippen molar-refractivity contribution in [1.82, 2.24) is 9.78 Å². The number of halogens is 1. The van der Waals surface area contributed by atoms with Gasteiger partial charge in [-0.1, -0.05) is 48.0 Å². The average Bonchev–Trinajstić information content (AvgIpc) is 3.23. The van der Waals surface area contributed by atoms with Crippen molar-refractivity contribution in [2.24, 2.45) is 5.92 Å². The van der Waals surface area contributed by atoms with Gasteiger partial charge in [-0.05, 0) is 55.4 Å². The van der Waals surface area contributed by atoms with Crippen LogP contribution in [0.15, 0.2) is 54.6 Å². The van der Waals surface area contributed by atoms with Crippen LogP contribution in [0.1, 0.15) is 35.6 Å². The Bertz CT molecular complexity index is 1010. The largest absolute Gasteiger partial charge is 0.310 e. The summed E-state index contributed by atoms with van der Waals surface area (Å²) in [5, 5.41) is 8.70. The van der Waals surface area contributed by atoms with E-state index in [0.29, 0.717) is 0 Å². The maximum Gasteiger partial charge on any atom is 0.229 e. The first-order chi connectivity index (χ1) is 13.2. The highest BCUT2D eigenvalue weighted by Gasteiger charge is 2.45. The predicted octanol–water partition coefficient (Wildman–Crippen LogP) is 4.76. The van der Waals surface area contributed by atoms with Crippen LogP contribution in [-0.2, 0) is 17.6 Å². The lowest BCUT2D eigenvalue weighted by Crippen LogP contribution is -2.18. The molecule has 136 valence electrons. The van der Waals surface area contributed by atoms with Gasteiger partial charge in [-0.2, -0.15) is 5.10 Å². The second kappa shape index (κ2) is 6.54. The molecule has 1 saturated carbocycles. The number of carbonyl (C=O) groups excluding carboxylic acids is 1. The number of rotatable bonds is 4. The van der Waals surface area contributed by atoms with E-state index in [1.54, 1.807) is 0 Å². The number of para-hydroxylation sites is 1. The van der Waals surface area contributed by atoms with Crippen molar-refractivity contribution in [3.63, 3.8) is 0 Å². The highest BCUT2D eigenvalue weighted by Crippen LogP contribution is 2.50. The van der Waals surface area contributed by atoms with Gasteiger partial charge in [0.05, 0.1) is 11.4 Å². The zero-order valence-corrected chi connectivity index (χ0v) is 15.6. The monoisotopic (exact) mass is 377 g/mol. The van der Waals surface area contributed by atoms with Gasteiger partial charge in [-0.3, -0.25) is 4.79 Å². The summed E-state index contributed by atoms with van der Waals surface area (Å²) in [6, 6.07) is 17.8. The van der Waals surface area contributed by atoms with Crippen LogP contribution in [0.3, 0.4) is 0 Å². The van der Waals surface area contributed by atoms with E-state index >= 15 is 0 Å². The quantitative estimate of drug-likeness (QED) is 0.712. The van der Waals surface area contributed by atoms with E-state index in [-0.39, 0.29) is 17.7 Å². The number of amides is 1. The van der Waals surface area contributed by atoms with E-state index in [1.807, 2.05) is 59.3 Å². The normalized spacial score (nSPS) is 20.3. The lowest BCUT2D eigenvalue weighted by molar-refractivity contribution is -0.117. The molecule has 1 heterocycles. The van der Waals surface area contributed by atoms with Gasteiger partial charge >= 0.3 is 0 Å². The van der Waals surface area contributed by atoms with Crippen LogP contribution in [0.25, 0.3) is 5.69 Å². The maximum absolute atomic E-state index is 13.0. The number of benzene rings is 2. The number of fused-ring (bicyclic) bond motifs is 1. The van der Waals surface area contributed by atoms with E-state index in [1.165, 1.54) is 5.56 Å². The first-order valence-corrected chi connectivity index (χ1v) is 9.81. The Kier molecular flexibility index (Phi) is 4.01. The molecule has 0 bridgehead atoms. The molecule has 4 nitrogen and oxygen atoms in total. The molecule has 5 rings (SSSR count). The van der Waals surface area contributed by atoms with Gasteiger partial charge < -0.3 is 5.32 Å². The highest BCUT2D eigenvalue weighted by atomic mass is 35.5. The number of aryl methyl sites for hydroxylation is 1. The van der Waals surface area contributed by atoms with Crippen LogP contribution < -0.4 is 5.32 Å². The van der Waals surface area contributed by atoms with Crippen LogP contribution in [0.5, 0.6) is 0 Å². The number of anilines is 1. The van der Waals surface area contributed by atoms with E-state index in [2.05, 4.69) is 5.32 Å². The van der Waals surface area contributed by atoms with Crippen LogP contribution in [0, 0.1) is 5.92 Å². The Morgan fingerprint density at radius 3 is 2.67 bits per heavy atom. The SMILES string of the molecule is O=C(Nc1c2c(nn1-c1ccccc1)CCC2)C1CC1c1ccccc1Cl. The van der Waals surface area contributed by atoms with Crippen molar-refractivity contribution in [3.05, 3.63) is 76.4 Å². The molecule has 5 heteroatoms. The van der Waals surface area contributed by atoms with Gasteiger partial charge in [0.25, 0.3) is 0 Å². The number of nitrogens with zero attached hydrogens (tertiary/aromatic N) is 2. The van der Waals surface area contributed by atoms with Crippen molar-refractivity contribution >= 4 is 23.3 Å². The summed E-state index contributed by atoms with van der Waals surface area (Å²) in [5.41, 5.74) is 4.33. The molecule has 2 aromatic carbocycles. The fourth-order valence-electron chi connectivity index (χ4n) is 4.09. The zero-order chi connectivity index (χ0) is 18.4. The summed E-state index contributed by atoms with van der Waals surface area (Å²) in [5.74, 6) is 1.08. The lowest BCUT2D eigenvalue weighted by Gasteiger charge is -2.11. The topological polar surface area (TPSA) is 46.9 Å². The van der Waals surface area contributed by atoms with Crippen LogP contribution >= 0.6 is 11.6 Å². The lowest BCUT2D eigenvalue weighted by atomic mass is 10.1. The Morgan fingerprint density at radius 2 is 1.85 bits per heavy atom. The minimum absolute atomic E-state index is 0.0268. The van der Waals surface area contributed by atoms with Crippen molar-refractivity contribution in [3.8, 4) is 5.69 Å². The molecule has 1 aromatic heterocycles. The number of nitrogens with one attached hydrogen (secondary N) is 1. The zero-order valence-electron chi connectivity index (χ0n) is 14.9. The van der Waals surface area contributed by atoms with Crippen LogP contribution in [0.2, 0.25) is 5.02 Å². The molecule has 0 aliphatic heterocycles. The summed E-state index contributed by atoms with van der Waals surface area (Å²) < 4.78 is 1.88. The van der Waals surface area contributed by atoms with E-state index in [4.69, 9.17) is 16.7 Å². The molecule has 2 aliphatic rings. The summed E-state index contributed by atoms with van der Waals surface area (Å²) in [4.78, 5) is 13.0. The molecule has 0 radical (unpaired) electrons. The van der Waals surface area contributed by atoms with Crippen LogP contribution in [0.4, 0.5) is 5.82 Å². The Morgan fingerprint density at radius 1 is 1.07 bits per heavy atom. The third-order valence-electron chi connectivity index (χ3n) is 5.58. The maximum atomic E-state index is 13.0. The molecule has 1 N–H and O–H groups in total. The highest BCUT2D eigenvalue weighted by molar-refractivity contribution is 6.31. The molecule has 2 unspecified atom stereocenters. The van der Waals surface area contributed by atoms with E-state index < -0.39 is 0 Å². The number of aromatic nitrogens is 2. The number of hydrogen-bond acceptors (Lipinski definition) is 2. The third-order valence-corrected chi connectivity index (χ3v) is 5.93. The van der Waals surface area contributed by atoms with Gasteiger partial charge in [-0.15, -0.1) is 0 Å². The second-order valence-electron chi connectivity index (χ2n) is 7.33. The molecule has 0 saturated heterocycles. The van der Waals surface area contributed by atoms with Gasteiger partial charge in [0.15, 0.2) is 0 Å². The molecule has 1 fully saturated rings. The molecular weight excluding hydrogens is 358 g/mol. The second-order valence-corrected chi connectivity index (χ2v) is 7.74.